The summed E-state index contributed by atoms with van der Waals surface area (Å²) in [5, 5.41) is 11.0. The quantitative estimate of drug-likeness (QED) is 0.238. The number of carbonyl (C=O) groups excluding carboxylic acids is 2. The van der Waals surface area contributed by atoms with E-state index in [0.717, 1.165) is 6.07 Å². The monoisotopic (exact) mass is 283 g/mol. The van der Waals surface area contributed by atoms with Gasteiger partial charge in [-0.1, -0.05) is 0 Å². The van der Waals surface area contributed by atoms with Crippen molar-refractivity contribution in [1.82, 2.24) is 10.9 Å². The van der Waals surface area contributed by atoms with Gasteiger partial charge in [-0.15, -0.1) is 0 Å². The number of hydrogen-bond donors (Lipinski definition) is 4. The molecule has 108 valence electrons. The highest BCUT2D eigenvalue weighted by Crippen LogP contribution is 2.30. The number of nitrogen functional groups attached to an aromatic ring is 2. The fourth-order valence-electron chi connectivity index (χ4n) is 1.60. The SMILES string of the molecule is CCOc1ccc([N+](=O)[O-])c(C(=O)NN)c1C(=O)NN. The van der Waals surface area contributed by atoms with Gasteiger partial charge < -0.3 is 4.74 Å². The number of nitrogens with zero attached hydrogens (tertiary/aromatic N) is 1. The fraction of sp³-hybridized carbons (Fsp3) is 0.200. The van der Waals surface area contributed by atoms with Gasteiger partial charge in [0, 0.05) is 6.07 Å². The van der Waals surface area contributed by atoms with Crippen LogP contribution in [0.3, 0.4) is 0 Å². The molecule has 1 rings (SSSR count). The van der Waals surface area contributed by atoms with Crippen molar-refractivity contribution >= 4 is 17.5 Å². The van der Waals surface area contributed by atoms with E-state index in [4.69, 9.17) is 16.4 Å². The van der Waals surface area contributed by atoms with Crippen molar-refractivity contribution < 1.29 is 19.2 Å². The lowest BCUT2D eigenvalue weighted by molar-refractivity contribution is -0.385. The van der Waals surface area contributed by atoms with Gasteiger partial charge in [0.25, 0.3) is 17.5 Å². The highest BCUT2D eigenvalue weighted by molar-refractivity contribution is 6.11. The third-order valence-electron chi connectivity index (χ3n) is 2.36. The molecule has 0 spiro atoms. The van der Waals surface area contributed by atoms with Crippen molar-refractivity contribution in [3.05, 3.63) is 33.4 Å². The molecule has 0 saturated heterocycles. The zero-order valence-electron chi connectivity index (χ0n) is 10.5. The van der Waals surface area contributed by atoms with E-state index in [1.807, 2.05) is 0 Å². The van der Waals surface area contributed by atoms with E-state index in [9.17, 15) is 19.7 Å². The molecule has 0 aromatic heterocycles. The van der Waals surface area contributed by atoms with Crippen molar-refractivity contribution in [3.63, 3.8) is 0 Å². The molecule has 0 aliphatic rings. The lowest BCUT2D eigenvalue weighted by Crippen LogP contribution is -2.36. The lowest BCUT2D eigenvalue weighted by atomic mass is 10.0. The highest BCUT2D eigenvalue weighted by Gasteiger charge is 2.30. The van der Waals surface area contributed by atoms with Crippen LogP contribution in [0.5, 0.6) is 5.75 Å². The Morgan fingerprint density at radius 1 is 1.25 bits per heavy atom. The average Bonchev–Trinajstić information content (AvgIpc) is 2.45. The topological polar surface area (TPSA) is 163 Å². The van der Waals surface area contributed by atoms with E-state index in [0.29, 0.717) is 0 Å². The third-order valence-corrected chi connectivity index (χ3v) is 2.36. The Balaban J connectivity index is 3.67. The minimum Gasteiger partial charge on any atom is -0.493 e. The molecule has 0 heterocycles. The summed E-state index contributed by atoms with van der Waals surface area (Å²) in [4.78, 5) is 33.6. The van der Waals surface area contributed by atoms with Crippen LogP contribution in [0.4, 0.5) is 5.69 Å². The number of benzene rings is 1. The molecule has 0 radical (unpaired) electrons. The van der Waals surface area contributed by atoms with E-state index >= 15 is 0 Å². The van der Waals surface area contributed by atoms with Crippen LogP contribution in [-0.4, -0.2) is 23.3 Å². The van der Waals surface area contributed by atoms with Crippen LogP contribution in [0.2, 0.25) is 0 Å². The Kier molecular flexibility index (Phi) is 4.94. The van der Waals surface area contributed by atoms with E-state index in [-0.39, 0.29) is 17.9 Å². The number of nitro benzene ring substituents is 1. The van der Waals surface area contributed by atoms with E-state index in [1.165, 1.54) is 6.07 Å². The smallest absolute Gasteiger partial charge is 0.283 e. The van der Waals surface area contributed by atoms with E-state index < -0.39 is 28.0 Å². The molecule has 20 heavy (non-hydrogen) atoms. The first-order valence-electron chi connectivity index (χ1n) is 5.43. The number of rotatable bonds is 5. The zero-order chi connectivity index (χ0) is 15.3. The predicted molar refractivity (Wildman–Crippen MR) is 67.6 cm³/mol. The summed E-state index contributed by atoms with van der Waals surface area (Å²) in [6, 6.07) is 2.25. The predicted octanol–water partition coefficient (Wildman–Crippen LogP) is -0.799. The molecule has 10 nitrogen and oxygen atoms in total. The Labute approximate surface area is 113 Å². The minimum atomic E-state index is -1.00. The third kappa shape index (κ3) is 2.81. The second-order valence-electron chi connectivity index (χ2n) is 3.47. The molecule has 0 atom stereocenters. The minimum absolute atomic E-state index is 0.0142. The maximum atomic E-state index is 11.8. The van der Waals surface area contributed by atoms with Gasteiger partial charge in [0.15, 0.2) is 0 Å². The van der Waals surface area contributed by atoms with Crippen molar-refractivity contribution in [2.45, 2.75) is 6.92 Å². The van der Waals surface area contributed by atoms with Crippen molar-refractivity contribution in [2.24, 2.45) is 11.7 Å². The highest BCUT2D eigenvalue weighted by atomic mass is 16.6. The first-order valence-corrected chi connectivity index (χ1v) is 5.43. The molecule has 6 N–H and O–H groups in total. The van der Waals surface area contributed by atoms with Crippen LogP contribution in [0, 0.1) is 10.1 Å². The molecule has 0 fully saturated rings. The fourth-order valence-corrected chi connectivity index (χ4v) is 1.60. The van der Waals surface area contributed by atoms with Crippen molar-refractivity contribution in [1.29, 1.82) is 0 Å². The number of nitrogens with one attached hydrogen (secondary N) is 2. The number of ether oxygens (including phenoxy) is 1. The Hall–Kier alpha value is -2.72. The maximum Gasteiger partial charge on any atom is 0.283 e. The van der Waals surface area contributed by atoms with Crippen molar-refractivity contribution in [3.8, 4) is 5.75 Å². The first kappa shape index (κ1) is 15.3. The number of carbonyl (C=O) groups is 2. The molecule has 1 aromatic carbocycles. The first-order chi connectivity index (χ1) is 9.47. The molecule has 0 aliphatic heterocycles. The van der Waals surface area contributed by atoms with Gasteiger partial charge in [0.2, 0.25) is 0 Å². The van der Waals surface area contributed by atoms with Crippen LogP contribution in [0.25, 0.3) is 0 Å². The molecule has 0 saturated carbocycles. The number of amides is 2. The molecule has 10 heteroatoms. The standard InChI is InChI=1S/C10H13N5O5/c1-2-20-6-4-3-5(15(18)19)7(9(16)13-11)8(6)10(17)14-12/h3-4H,2,11-12H2,1H3,(H,13,16)(H,14,17). The molecular formula is C10H13N5O5. The Morgan fingerprint density at radius 2 is 1.80 bits per heavy atom. The molecule has 0 aliphatic carbocycles. The van der Waals surface area contributed by atoms with Gasteiger partial charge in [0.1, 0.15) is 16.9 Å². The second-order valence-corrected chi connectivity index (χ2v) is 3.47. The van der Waals surface area contributed by atoms with Crippen LogP contribution < -0.4 is 27.3 Å². The average molecular weight is 283 g/mol. The van der Waals surface area contributed by atoms with E-state index in [2.05, 4.69) is 0 Å². The maximum absolute atomic E-state index is 11.8. The summed E-state index contributed by atoms with van der Waals surface area (Å²) in [6.07, 6.45) is 0. The van der Waals surface area contributed by atoms with Crippen LogP contribution >= 0.6 is 0 Å². The summed E-state index contributed by atoms with van der Waals surface area (Å²) < 4.78 is 5.17. The Bertz CT molecular complexity index is 559. The summed E-state index contributed by atoms with van der Waals surface area (Å²) >= 11 is 0. The van der Waals surface area contributed by atoms with Gasteiger partial charge in [-0.3, -0.25) is 30.6 Å². The molecule has 2 amide bonds. The molecule has 0 bridgehead atoms. The summed E-state index contributed by atoms with van der Waals surface area (Å²) in [6.45, 7) is 1.83. The Morgan fingerprint density at radius 3 is 2.25 bits per heavy atom. The van der Waals surface area contributed by atoms with Gasteiger partial charge >= 0.3 is 0 Å². The number of hydrazine groups is 2. The number of hydrogen-bond acceptors (Lipinski definition) is 7. The molecule has 0 unspecified atom stereocenters. The number of nitro groups is 1. The van der Waals surface area contributed by atoms with Crippen LogP contribution in [-0.2, 0) is 0 Å². The summed E-state index contributed by atoms with van der Waals surface area (Å²) in [5.41, 5.74) is 2.08. The van der Waals surface area contributed by atoms with Gasteiger partial charge in [-0.05, 0) is 13.0 Å². The van der Waals surface area contributed by atoms with Gasteiger partial charge in [0.05, 0.1) is 11.5 Å². The van der Waals surface area contributed by atoms with Crippen LogP contribution in [0.15, 0.2) is 12.1 Å². The summed E-state index contributed by atoms with van der Waals surface area (Å²) in [5.74, 6) is 8.08. The van der Waals surface area contributed by atoms with Crippen LogP contribution in [0.1, 0.15) is 27.6 Å². The number of nitrogens with two attached hydrogens (primary N) is 2. The lowest BCUT2D eigenvalue weighted by Gasteiger charge is -2.13. The van der Waals surface area contributed by atoms with Gasteiger partial charge in [-0.2, -0.15) is 0 Å². The second kappa shape index (κ2) is 6.45. The van der Waals surface area contributed by atoms with Crippen molar-refractivity contribution in [2.75, 3.05) is 6.61 Å². The normalized spacial score (nSPS) is 9.75. The van der Waals surface area contributed by atoms with Gasteiger partial charge in [-0.25, -0.2) is 11.7 Å². The summed E-state index contributed by atoms with van der Waals surface area (Å²) in [7, 11) is 0. The zero-order valence-corrected chi connectivity index (χ0v) is 10.5. The largest absolute Gasteiger partial charge is 0.493 e. The van der Waals surface area contributed by atoms with E-state index in [1.54, 1.807) is 17.8 Å². The molecular weight excluding hydrogens is 270 g/mol. The molecule has 1 aromatic rings.